The van der Waals surface area contributed by atoms with E-state index in [1.54, 1.807) is 0 Å². The molecule has 0 N–H and O–H groups in total. The minimum Gasteiger partial charge on any atom is -0.306 e. The van der Waals surface area contributed by atoms with Crippen LogP contribution in [-0.4, -0.2) is 25.0 Å². The average Bonchev–Trinajstić information content (AvgIpc) is 2.65. The van der Waals surface area contributed by atoms with Gasteiger partial charge in [0.25, 0.3) is 0 Å². The molecule has 1 aliphatic rings. The van der Waals surface area contributed by atoms with E-state index in [-0.39, 0.29) is 0 Å². The Morgan fingerprint density at radius 3 is 2.47 bits per heavy atom. The topological polar surface area (TPSA) is 3.24 Å². The third kappa shape index (κ3) is 3.48. The summed E-state index contributed by atoms with van der Waals surface area (Å²) >= 11 is 0. The van der Waals surface area contributed by atoms with E-state index >= 15 is 0 Å². The van der Waals surface area contributed by atoms with Gasteiger partial charge in [0, 0.05) is 6.54 Å². The summed E-state index contributed by atoms with van der Waals surface area (Å²) in [6.45, 7) is 9.84. The van der Waals surface area contributed by atoms with Gasteiger partial charge in [-0.05, 0) is 37.8 Å². The van der Waals surface area contributed by atoms with E-state index in [0.29, 0.717) is 5.41 Å². The predicted molar refractivity (Wildman–Crippen MR) is 68.1 cm³/mol. The van der Waals surface area contributed by atoms with Crippen molar-refractivity contribution in [1.82, 2.24) is 4.90 Å². The molecular formula is C14H29N. The van der Waals surface area contributed by atoms with E-state index in [1.165, 1.54) is 51.6 Å². The van der Waals surface area contributed by atoms with Crippen LogP contribution in [0.2, 0.25) is 0 Å². The summed E-state index contributed by atoms with van der Waals surface area (Å²) in [5, 5.41) is 0. The first-order valence-corrected chi connectivity index (χ1v) is 6.81. The maximum atomic E-state index is 2.52. The average molecular weight is 211 g/mol. The second-order valence-corrected chi connectivity index (χ2v) is 5.71. The Balaban J connectivity index is 2.43. The van der Waals surface area contributed by atoms with Crippen LogP contribution in [-0.2, 0) is 0 Å². The third-order valence-corrected chi connectivity index (χ3v) is 4.54. The lowest BCUT2D eigenvalue weighted by molar-refractivity contribution is 0.159. The van der Waals surface area contributed by atoms with Crippen LogP contribution < -0.4 is 0 Å². The van der Waals surface area contributed by atoms with Crippen LogP contribution >= 0.6 is 0 Å². The molecule has 1 saturated heterocycles. The molecule has 0 amide bonds. The van der Waals surface area contributed by atoms with E-state index < -0.39 is 0 Å². The van der Waals surface area contributed by atoms with E-state index in [1.807, 2.05) is 0 Å². The van der Waals surface area contributed by atoms with Crippen molar-refractivity contribution in [2.75, 3.05) is 20.1 Å². The first kappa shape index (κ1) is 13.0. The van der Waals surface area contributed by atoms with E-state index in [9.17, 15) is 0 Å². The molecule has 0 saturated carbocycles. The van der Waals surface area contributed by atoms with Crippen molar-refractivity contribution in [3.63, 3.8) is 0 Å². The number of unbranched alkanes of at least 4 members (excludes halogenated alkanes) is 2. The fourth-order valence-electron chi connectivity index (χ4n) is 2.95. The van der Waals surface area contributed by atoms with Crippen LogP contribution in [0.4, 0.5) is 0 Å². The standard InChI is InChI=1S/C14H29N/c1-5-7-8-10-14(3,6-2)13-9-11-15(4)12-13/h13H,5-12H2,1-4H3. The van der Waals surface area contributed by atoms with Crippen LogP contribution in [0.3, 0.4) is 0 Å². The lowest BCUT2D eigenvalue weighted by Crippen LogP contribution is -2.29. The smallest absolute Gasteiger partial charge is 0.00123 e. The zero-order valence-electron chi connectivity index (χ0n) is 11.2. The minimum atomic E-state index is 0.611. The van der Waals surface area contributed by atoms with E-state index in [0.717, 1.165) is 5.92 Å². The molecule has 15 heavy (non-hydrogen) atoms. The van der Waals surface area contributed by atoms with Crippen molar-refractivity contribution in [2.24, 2.45) is 11.3 Å². The van der Waals surface area contributed by atoms with Gasteiger partial charge in [0.05, 0.1) is 0 Å². The summed E-state index contributed by atoms with van der Waals surface area (Å²) in [6.07, 6.45) is 8.42. The highest BCUT2D eigenvalue weighted by Gasteiger charge is 2.35. The van der Waals surface area contributed by atoms with Crippen molar-refractivity contribution >= 4 is 0 Å². The molecule has 0 aromatic heterocycles. The number of rotatable bonds is 6. The molecule has 0 spiro atoms. The molecular weight excluding hydrogens is 182 g/mol. The molecule has 0 radical (unpaired) electrons. The van der Waals surface area contributed by atoms with Crippen molar-refractivity contribution in [3.8, 4) is 0 Å². The van der Waals surface area contributed by atoms with Crippen LogP contribution in [0, 0.1) is 11.3 Å². The maximum absolute atomic E-state index is 2.52. The molecule has 1 nitrogen and oxygen atoms in total. The Morgan fingerprint density at radius 2 is 2.00 bits per heavy atom. The monoisotopic (exact) mass is 211 g/mol. The molecule has 90 valence electrons. The minimum absolute atomic E-state index is 0.611. The maximum Gasteiger partial charge on any atom is 0.00123 e. The summed E-state index contributed by atoms with van der Waals surface area (Å²) < 4.78 is 0. The Hall–Kier alpha value is -0.0400. The van der Waals surface area contributed by atoms with Gasteiger partial charge in [0.2, 0.25) is 0 Å². The molecule has 0 aromatic carbocycles. The second kappa shape index (κ2) is 5.89. The van der Waals surface area contributed by atoms with Gasteiger partial charge in [0.1, 0.15) is 0 Å². The third-order valence-electron chi connectivity index (χ3n) is 4.54. The molecule has 1 fully saturated rings. The molecule has 1 rings (SSSR count). The first-order valence-electron chi connectivity index (χ1n) is 6.81. The van der Waals surface area contributed by atoms with Gasteiger partial charge in [-0.2, -0.15) is 0 Å². The fourth-order valence-corrected chi connectivity index (χ4v) is 2.95. The molecule has 1 heterocycles. The van der Waals surface area contributed by atoms with Gasteiger partial charge in [0.15, 0.2) is 0 Å². The Labute approximate surface area is 96.2 Å². The Bertz CT molecular complexity index is 178. The fraction of sp³-hybridized carbons (Fsp3) is 1.00. The number of nitrogens with zero attached hydrogens (tertiary/aromatic N) is 1. The van der Waals surface area contributed by atoms with Crippen molar-refractivity contribution < 1.29 is 0 Å². The molecule has 1 aliphatic heterocycles. The van der Waals surface area contributed by atoms with Crippen LogP contribution in [0.25, 0.3) is 0 Å². The summed E-state index contributed by atoms with van der Waals surface area (Å²) in [6, 6.07) is 0. The first-order chi connectivity index (χ1) is 7.12. The summed E-state index contributed by atoms with van der Waals surface area (Å²) in [5.41, 5.74) is 0.611. The Kier molecular flexibility index (Phi) is 5.11. The van der Waals surface area contributed by atoms with Gasteiger partial charge in [-0.1, -0.05) is 46.5 Å². The SMILES string of the molecule is CCCCCC(C)(CC)C1CCN(C)C1. The normalized spacial score (nSPS) is 26.8. The number of hydrogen-bond acceptors (Lipinski definition) is 1. The molecule has 0 aliphatic carbocycles. The lowest BCUT2D eigenvalue weighted by Gasteiger charge is -2.35. The van der Waals surface area contributed by atoms with Gasteiger partial charge >= 0.3 is 0 Å². The quantitative estimate of drug-likeness (QED) is 0.602. The zero-order valence-corrected chi connectivity index (χ0v) is 11.2. The zero-order chi connectivity index (χ0) is 11.3. The number of likely N-dealkylation sites (tertiary alicyclic amines) is 1. The highest BCUT2D eigenvalue weighted by Crippen LogP contribution is 2.41. The van der Waals surface area contributed by atoms with Gasteiger partial charge in [-0.3, -0.25) is 0 Å². The van der Waals surface area contributed by atoms with Crippen molar-refractivity contribution in [1.29, 1.82) is 0 Å². The largest absolute Gasteiger partial charge is 0.306 e. The lowest BCUT2D eigenvalue weighted by atomic mass is 9.71. The molecule has 2 atom stereocenters. The van der Waals surface area contributed by atoms with Crippen LogP contribution in [0.1, 0.15) is 59.3 Å². The molecule has 1 heteroatoms. The molecule has 0 aromatic rings. The summed E-state index contributed by atoms with van der Waals surface area (Å²) in [5.74, 6) is 0.948. The van der Waals surface area contributed by atoms with Crippen molar-refractivity contribution in [3.05, 3.63) is 0 Å². The molecule has 0 bridgehead atoms. The highest BCUT2D eigenvalue weighted by atomic mass is 15.1. The number of hydrogen-bond donors (Lipinski definition) is 0. The highest BCUT2D eigenvalue weighted by molar-refractivity contribution is 4.87. The Morgan fingerprint density at radius 1 is 1.27 bits per heavy atom. The van der Waals surface area contributed by atoms with Gasteiger partial charge < -0.3 is 4.90 Å². The molecule has 2 unspecified atom stereocenters. The second-order valence-electron chi connectivity index (χ2n) is 5.71. The van der Waals surface area contributed by atoms with E-state index in [2.05, 4.69) is 32.7 Å². The predicted octanol–water partition coefficient (Wildman–Crippen LogP) is 3.93. The van der Waals surface area contributed by atoms with Crippen molar-refractivity contribution in [2.45, 2.75) is 59.3 Å². The summed E-state index contributed by atoms with van der Waals surface area (Å²) in [4.78, 5) is 2.50. The van der Waals surface area contributed by atoms with Crippen LogP contribution in [0.15, 0.2) is 0 Å². The summed E-state index contributed by atoms with van der Waals surface area (Å²) in [7, 11) is 2.27. The van der Waals surface area contributed by atoms with E-state index in [4.69, 9.17) is 0 Å². The van der Waals surface area contributed by atoms with Crippen LogP contribution in [0.5, 0.6) is 0 Å². The van der Waals surface area contributed by atoms with Gasteiger partial charge in [-0.15, -0.1) is 0 Å². The van der Waals surface area contributed by atoms with Gasteiger partial charge in [-0.25, -0.2) is 0 Å².